The number of aryl methyl sites for hydroxylation is 2. The van der Waals surface area contributed by atoms with Gasteiger partial charge < -0.3 is 9.09 Å². The summed E-state index contributed by atoms with van der Waals surface area (Å²) in [6.45, 7) is 4.45. The molecule has 0 N–H and O–H groups in total. The van der Waals surface area contributed by atoms with Gasteiger partial charge in [-0.15, -0.1) is 0 Å². The van der Waals surface area contributed by atoms with Crippen LogP contribution < -0.4 is 11.2 Å². The van der Waals surface area contributed by atoms with Gasteiger partial charge in [0.05, 0.1) is 0 Å². The molecule has 0 fully saturated rings. The van der Waals surface area contributed by atoms with Crippen molar-refractivity contribution in [3.8, 4) is 0 Å². The van der Waals surface area contributed by atoms with Gasteiger partial charge in [-0.05, 0) is 6.42 Å². The minimum atomic E-state index is -0.367. The summed E-state index contributed by atoms with van der Waals surface area (Å²) in [6, 6.07) is 1.37. The van der Waals surface area contributed by atoms with E-state index < -0.39 is 0 Å². The smallest absolute Gasteiger partial charge is 0.331 e. The van der Waals surface area contributed by atoms with Crippen molar-refractivity contribution in [3.63, 3.8) is 0 Å². The number of rotatable bonds is 5. The molecule has 0 aliphatic rings. The number of aromatic nitrogens is 4. The molecule has 0 saturated carbocycles. The molecule has 0 saturated heterocycles. The molecule has 2 aromatic rings. The van der Waals surface area contributed by atoms with Gasteiger partial charge in [0.25, 0.3) is 5.56 Å². The Morgan fingerprint density at radius 2 is 2.11 bits per heavy atom. The molecule has 7 nitrogen and oxygen atoms in total. The van der Waals surface area contributed by atoms with E-state index >= 15 is 0 Å². The predicted molar refractivity (Wildman–Crippen MR) is 68.0 cm³/mol. The second-order valence-corrected chi connectivity index (χ2v) is 4.17. The first kappa shape index (κ1) is 13.3. The average Bonchev–Trinajstić information content (AvgIpc) is 2.86. The summed E-state index contributed by atoms with van der Waals surface area (Å²) in [5.74, 6) is 0.832. The zero-order chi connectivity index (χ0) is 13.8. The molecule has 102 valence electrons. The minimum Gasteiger partial charge on any atom is -0.337 e. The summed E-state index contributed by atoms with van der Waals surface area (Å²) >= 11 is 0. The Labute approximate surface area is 109 Å². The predicted octanol–water partition coefficient (Wildman–Crippen LogP) is 0.414. The molecule has 0 radical (unpaired) electrons. The van der Waals surface area contributed by atoms with Crippen LogP contribution in [0.2, 0.25) is 0 Å². The van der Waals surface area contributed by atoms with Crippen molar-refractivity contribution in [2.24, 2.45) is 0 Å². The van der Waals surface area contributed by atoms with Crippen molar-refractivity contribution in [1.29, 1.82) is 0 Å². The average molecular weight is 264 g/mol. The molecule has 2 rings (SSSR count). The second kappa shape index (κ2) is 5.64. The van der Waals surface area contributed by atoms with Crippen LogP contribution in [0.5, 0.6) is 0 Å². The van der Waals surface area contributed by atoms with Crippen LogP contribution in [0.15, 0.2) is 26.4 Å². The van der Waals surface area contributed by atoms with Gasteiger partial charge in [0, 0.05) is 25.2 Å². The van der Waals surface area contributed by atoms with Crippen molar-refractivity contribution in [2.45, 2.75) is 39.8 Å². The highest BCUT2D eigenvalue weighted by Gasteiger charge is 2.10. The van der Waals surface area contributed by atoms with Crippen LogP contribution in [0.1, 0.15) is 32.0 Å². The lowest BCUT2D eigenvalue weighted by molar-refractivity contribution is 0.361. The first-order chi connectivity index (χ1) is 9.15. The maximum absolute atomic E-state index is 12.1. The highest BCUT2D eigenvalue weighted by Crippen LogP contribution is 1.98. The maximum atomic E-state index is 12.1. The van der Waals surface area contributed by atoms with Crippen LogP contribution in [0.25, 0.3) is 0 Å². The minimum absolute atomic E-state index is 0.00915. The topological polar surface area (TPSA) is 82.9 Å². The Morgan fingerprint density at radius 1 is 1.32 bits per heavy atom. The molecule has 7 heteroatoms. The second-order valence-electron chi connectivity index (χ2n) is 4.17. The molecule has 0 unspecified atom stereocenters. The summed E-state index contributed by atoms with van der Waals surface area (Å²) in [5.41, 5.74) is -0.723. The van der Waals surface area contributed by atoms with E-state index in [0.29, 0.717) is 18.8 Å². The van der Waals surface area contributed by atoms with Crippen molar-refractivity contribution < 1.29 is 4.52 Å². The Balaban J connectivity index is 2.36. The zero-order valence-electron chi connectivity index (χ0n) is 11.0. The molecule has 0 aliphatic carbocycles. The van der Waals surface area contributed by atoms with E-state index in [1.165, 1.54) is 16.8 Å². The first-order valence-corrected chi connectivity index (χ1v) is 6.27. The van der Waals surface area contributed by atoms with Gasteiger partial charge >= 0.3 is 5.69 Å². The normalized spacial score (nSPS) is 10.8. The van der Waals surface area contributed by atoms with Crippen molar-refractivity contribution >= 4 is 0 Å². The van der Waals surface area contributed by atoms with E-state index in [0.717, 1.165) is 11.0 Å². The molecular formula is C12H16N4O3. The standard InChI is InChI=1S/C12H16N4O3/c1-3-6-15-7-5-11(17)16(12(15)18)8-10-13-9(4-2)14-19-10/h5,7H,3-4,6,8H2,1-2H3. The van der Waals surface area contributed by atoms with Gasteiger partial charge in [0.1, 0.15) is 6.54 Å². The number of hydrogen-bond donors (Lipinski definition) is 0. The maximum Gasteiger partial charge on any atom is 0.331 e. The van der Waals surface area contributed by atoms with Gasteiger partial charge in [0.15, 0.2) is 5.82 Å². The van der Waals surface area contributed by atoms with E-state index in [4.69, 9.17) is 4.52 Å². The van der Waals surface area contributed by atoms with Crippen LogP contribution in [-0.4, -0.2) is 19.3 Å². The van der Waals surface area contributed by atoms with E-state index in [2.05, 4.69) is 10.1 Å². The SMILES string of the molecule is CCCn1ccc(=O)n(Cc2nc(CC)no2)c1=O. The third-order valence-corrected chi connectivity index (χ3v) is 2.72. The lowest BCUT2D eigenvalue weighted by atomic mass is 10.4. The van der Waals surface area contributed by atoms with Crippen molar-refractivity contribution in [2.75, 3.05) is 0 Å². The fraction of sp³-hybridized carbons (Fsp3) is 0.500. The summed E-state index contributed by atoms with van der Waals surface area (Å²) in [6.07, 6.45) is 2.97. The lowest BCUT2D eigenvalue weighted by Crippen LogP contribution is -2.39. The van der Waals surface area contributed by atoms with Gasteiger partial charge in [-0.1, -0.05) is 19.0 Å². The van der Waals surface area contributed by atoms with Crippen LogP contribution in [-0.2, 0) is 19.5 Å². The highest BCUT2D eigenvalue weighted by atomic mass is 16.5. The lowest BCUT2D eigenvalue weighted by Gasteiger charge is -2.06. The van der Waals surface area contributed by atoms with Crippen LogP contribution in [0.4, 0.5) is 0 Å². The molecule has 0 amide bonds. The molecule has 0 spiro atoms. The van der Waals surface area contributed by atoms with Gasteiger partial charge in [-0.3, -0.25) is 9.36 Å². The van der Waals surface area contributed by atoms with Gasteiger partial charge in [-0.2, -0.15) is 4.98 Å². The van der Waals surface area contributed by atoms with E-state index in [-0.39, 0.29) is 23.7 Å². The molecule has 0 bridgehead atoms. The Morgan fingerprint density at radius 3 is 2.74 bits per heavy atom. The van der Waals surface area contributed by atoms with Crippen molar-refractivity contribution in [1.82, 2.24) is 19.3 Å². The van der Waals surface area contributed by atoms with E-state index in [1.54, 1.807) is 0 Å². The van der Waals surface area contributed by atoms with Crippen molar-refractivity contribution in [3.05, 3.63) is 44.8 Å². The fourth-order valence-electron chi connectivity index (χ4n) is 1.75. The molecule has 0 aromatic carbocycles. The molecule has 19 heavy (non-hydrogen) atoms. The third-order valence-electron chi connectivity index (χ3n) is 2.72. The van der Waals surface area contributed by atoms with Crippen LogP contribution in [0, 0.1) is 0 Å². The summed E-state index contributed by atoms with van der Waals surface area (Å²) in [4.78, 5) is 27.9. The number of hydrogen-bond acceptors (Lipinski definition) is 5. The van der Waals surface area contributed by atoms with Crippen LogP contribution in [0.3, 0.4) is 0 Å². The highest BCUT2D eigenvalue weighted by molar-refractivity contribution is 4.91. The number of nitrogens with zero attached hydrogens (tertiary/aromatic N) is 4. The molecular weight excluding hydrogens is 248 g/mol. The molecule has 0 aliphatic heterocycles. The zero-order valence-corrected chi connectivity index (χ0v) is 11.0. The monoisotopic (exact) mass is 264 g/mol. The molecule has 2 heterocycles. The third kappa shape index (κ3) is 2.81. The first-order valence-electron chi connectivity index (χ1n) is 6.27. The van der Waals surface area contributed by atoms with Crippen LogP contribution >= 0.6 is 0 Å². The fourth-order valence-corrected chi connectivity index (χ4v) is 1.75. The van der Waals surface area contributed by atoms with Gasteiger partial charge in [0.2, 0.25) is 5.89 Å². The molecule has 0 atom stereocenters. The Hall–Kier alpha value is -2.18. The summed E-state index contributed by atoms with van der Waals surface area (Å²) in [5, 5.41) is 3.74. The summed E-state index contributed by atoms with van der Waals surface area (Å²) in [7, 11) is 0. The molecule has 2 aromatic heterocycles. The van der Waals surface area contributed by atoms with Gasteiger partial charge in [-0.25, -0.2) is 4.79 Å². The Bertz CT molecular complexity index is 668. The quantitative estimate of drug-likeness (QED) is 0.781. The van der Waals surface area contributed by atoms with E-state index in [9.17, 15) is 9.59 Å². The Kier molecular flexibility index (Phi) is 3.94. The van der Waals surface area contributed by atoms with E-state index in [1.807, 2.05) is 13.8 Å². The summed E-state index contributed by atoms with van der Waals surface area (Å²) < 4.78 is 7.60. The largest absolute Gasteiger partial charge is 0.337 e.